The number of ether oxygens (including phenoxy) is 3. The summed E-state index contributed by atoms with van der Waals surface area (Å²) in [7, 11) is 3.62. The Morgan fingerprint density at radius 3 is 2.26 bits per heavy atom. The van der Waals surface area contributed by atoms with Gasteiger partial charge < -0.3 is 14.2 Å². The second-order valence-electron chi connectivity index (χ2n) is 6.31. The largest absolute Gasteiger partial charge is 0.381 e. The van der Waals surface area contributed by atoms with Crippen LogP contribution in [0.5, 0.6) is 0 Å². The van der Waals surface area contributed by atoms with Gasteiger partial charge in [0.2, 0.25) is 0 Å². The number of hydrogen-bond donors (Lipinski definition) is 0. The van der Waals surface area contributed by atoms with E-state index in [1.165, 1.54) is 12.0 Å². The predicted octanol–water partition coefficient (Wildman–Crippen LogP) is 3.33. The van der Waals surface area contributed by atoms with Crippen molar-refractivity contribution in [2.45, 2.75) is 70.4 Å². The third-order valence-corrected chi connectivity index (χ3v) is 4.76. The Bertz CT molecular complexity index is 323. The Kier molecular flexibility index (Phi) is 4.70. The molecule has 1 aliphatic carbocycles. The monoisotopic (exact) mass is 268 g/mol. The highest BCUT2D eigenvalue weighted by Gasteiger charge is 2.61. The first-order chi connectivity index (χ1) is 9.02. The number of allylic oxidation sites excluding steroid dienone is 1. The van der Waals surface area contributed by atoms with Crippen LogP contribution in [-0.2, 0) is 14.2 Å². The Labute approximate surface area is 117 Å². The van der Waals surface area contributed by atoms with Crippen LogP contribution in [0.25, 0.3) is 0 Å². The molecule has 1 heterocycles. The van der Waals surface area contributed by atoms with E-state index in [2.05, 4.69) is 26.8 Å². The molecule has 19 heavy (non-hydrogen) atoms. The van der Waals surface area contributed by atoms with Gasteiger partial charge in [0.05, 0.1) is 18.3 Å². The molecule has 2 aliphatic rings. The maximum Gasteiger partial charge on any atom is 0.100 e. The Morgan fingerprint density at radius 2 is 1.79 bits per heavy atom. The summed E-state index contributed by atoms with van der Waals surface area (Å²) in [5.74, 6) is 0.354. The van der Waals surface area contributed by atoms with Crippen LogP contribution < -0.4 is 0 Å². The van der Waals surface area contributed by atoms with Crippen LogP contribution in [0.2, 0.25) is 0 Å². The smallest absolute Gasteiger partial charge is 0.100 e. The third kappa shape index (κ3) is 3.04. The van der Waals surface area contributed by atoms with Crippen LogP contribution in [0.1, 0.15) is 46.5 Å². The quantitative estimate of drug-likeness (QED) is 0.566. The molecule has 0 aromatic carbocycles. The van der Waals surface area contributed by atoms with Gasteiger partial charge in [0.15, 0.2) is 0 Å². The van der Waals surface area contributed by atoms with E-state index in [1.54, 1.807) is 0 Å². The zero-order chi connectivity index (χ0) is 14.0. The number of hydrogen-bond acceptors (Lipinski definition) is 3. The van der Waals surface area contributed by atoms with E-state index >= 15 is 0 Å². The van der Waals surface area contributed by atoms with Gasteiger partial charge in [0.25, 0.3) is 0 Å². The van der Waals surface area contributed by atoms with Gasteiger partial charge in [-0.05, 0) is 46.5 Å². The summed E-state index contributed by atoms with van der Waals surface area (Å²) in [6, 6.07) is 0. The van der Waals surface area contributed by atoms with Crippen molar-refractivity contribution in [1.82, 2.24) is 0 Å². The molecule has 2 fully saturated rings. The molecule has 0 amide bonds. The molecule has 0 bridgehead atoms. The summed E-state index contributed by atoms with van der Waals surface area (Å²) in [5.41, 5.74) is 1.28. The fourth-order valence-corrected chi connectivity index (χ4v) is 3.58. The van der Waals surface area contributed by atoms with Crippen molar-refractivity contribution in [3.05, 3.63) is 11.6 Å². The highest BCUT2D eigenvalue weighted by molar-refractivity contribution is 5.12. The van der Waals surface area contributed by atoms with Gasteiger partial charge in [-0.3, -0.25) is 0 Å². The summed E-state index contributed by atoms with van der Waals surface area (Å²) in [4.78, 5) is 0. The van der Waals surface area contributed by atoms with Crippen molar-refractivity contribution in [1.29, 1.82) is 0 Å². The van der Waals surface area contributed by atoms with Crippen molar-refractivity contribution < 1.29 is 14.2 Å². The molecule has 3 nitrogen and oxygen atoms in total. The molecular weight excluding hydrogens is 240 g/mol. The second-order valence-corrected chi connectivity index (χ2v) is 6.31. The van der Waals surface area contributed by atoms with Crippen LogP contribution in [0, 0.1) is 5.92 Å². The zero-order valence-corrected chi connectivity index (χ0v) is 12.9. The van der Waals surface area contributed by atoms with Gasteiger partial charge in [-0.1, -0.05) is 11.6 Å². The minimum absolute atomic E-state index is 0.0757. The SMILES string of the molecule is COC1CCC[C@@H](OC)C1C1(C)OC1CC=C(C)C. The molecule has 2 rings (SSSR count). The van der Waals surface area contributed by atoms with Crippen molar-refractivity contribution in [2.24, 2.45) is 5.92 Å². The van der Waals surface area contributed by atoms with Gasteiger partial charge in [-0.2, -0.15) is 0 Å². The average Bonchev–Trinajstić information content (AvgIpc) is 3.07. The Balaban J connectivity index is 2.07. The van der Waals surface area contributed by atoms with Gasteiger partial charge in [-0.15, -0.1) is 0 Å². The normalized spacial score (nSPS) is 41.9. The molecule has 0 spiro atoms. The van der Waals surface area contributed by atoms with E-state index in [1.807, 2.05) is 14.2 Å². The third-order valence-electron chi connectivity index (χ3n) is 4.76. The van der Waals surface area contributed by atoms with Crippen LogP contribution >= 0.6 is 0 Å². The van der Waals surface area contributed by atoms with Crippen molar-refractivity contribution >= 4 is 0 Å². The maximum atomic E-state index is 6.05. The van der Waals surface area contributed by atoms with Gasteiger partial charge in [0, 0.05) is 20.1 Å². The van der Waals surface area contributed by atoms with E-state index in [-0.39, 0.29) is 17.8 Å². The Morgan fingerprint density at radius 1 is 1.21 bits per heavy atom. The summed E-state index contributed by atoms with van der Waals surface area (Å²) in [6.07, 6.45) is 7.54. The Hall–Kier alpha value is -0.380. The predicted molar refractivity (Wildman–Crippen MR) is 76.3 cm³/mol. The molecule has 0 aromatic heterocycles. The highest BCUT2D eigenvalue weighted by atomic mass is 16.6. The molecule has 5 atom stereocenters. The molecule has 0 aromatic rings. The lowest BCUT2D eigenvalue weighted by atomic mass is 9.74. The molecule has 0 N–H and O–H groups in total. The lowest BCUT2D eigenvalue weighted by Gasteiger charge is -2.39. The topological polar surface area (TPSA) is 31.0 Å². The molecule has 0 radical (unpaired) electrons. The minimum atomic E-state index is -0.0757. The fraction of sp³-hybridized carbons (Fsp3) is 0.875. The summed E-state index contributed by atoms with van der Waals surface area (Å²) in [6.45, 7) is 6.50. The van der Waals surface area contributed by atoms with Crippen LogP contribution in [0.4, 0.5) is 0 Å². The lowest BCUT2D eigenvalue weighted by molar-refractivity contribution is -0.0894. The van der Waals surface area contributed by atoms with Crippen molar-refractivity contribution in [2.75, 3.05) is 14.2 Å². The van der Waals surface area contributed by atoms with Crippen molar-refractivity contribution in [3.8, 4) is 0 Å². The molecule has 1 aliphatic heterocycles. The van der Waals surface area contributed by atoms with Crippen LogP contribution in [0.15, 0.2) is 11.6 Å². The van der Waals surface area contributed by atoms with Crippen LogP contribution in [-0.4, -0.2) is 38.1 Å². The van der Waals surface area contributed by atoms with Gasteiger partial charge in [0.1, 0.15) is 5.60 Å². The standard InChI is InChI=1S/C16H28O3/c1-11(2)9-10-14-16(3,19-14)15-12(17-4)7-6-8-13(15)18-5/h9,12-15H,6-8,10H2,1-5H3/t12-,13?,14?,15?,16?/m1/s1. The van der Waals surface area contributed by atoms with Gasteiger partial charge in [-0.25, -0.2) is 0 Å². The molecule has 1 saturated carbocycles. The molecule has 1 saturated heterocycles. The van der Waals surface area contributed by atoms with E-state index in [0.29, 0.717) is 12.0 Å². The van der Waals surface area contributed by atoms with Crippen molar-refractivity contribution in [3.63, 3.8) is 0 Å². The average molecular weight is 268 g/mol. The van der Waals surface area contributed by atoms with Gasteiger partial charge >= 0.3 is 0 Å². The summed E-state index contributed by atoms with van der Waals surface area (Å²) < 4.78 is 17.5. The highest BCUT2D eigenvalue weighted by Crippen LogP contribution is 2.51. The molecule has 3 heteroatoms. The lowest BCUT2D eigenvalue weighted by Crippen LogP contribution is -2.47. The fourth-order valence-electron chi connectivity index (χ4n) is 3.58. The number of methoxy groups -OCH3 is 2. The molecule has 4 unspecified atom stereocenters. The van der Waals surface area contributed by atoms with E-state index in [0.717, 1.165) is 19.3 Å². The first-order valence-corrected chi connectivity index (χ1v) is 7.39. The molecule has 110 valence electrons. The first-order valence-electron chi connectivity index (χ1n) is 7.39. The number of epoxide rings is 1. The zero-order valence-electron chi connectivity index (χ0n) is 12.9. The van der Waals surface area contributed by atoms with E-state index in [9.17, 15) is 0 Å². The second kappa shape index (κ2) is 5.94. The summed E-state index contributed by atoms with van der Waals surface area (Å²) in [5, 5.41) is 0. The number of rotatable bonds is 5. The minimum Gasteiger partial charge on any atom is -0.381 e. The summed E-state index contributed by atoms with van der Waals surface area (Å²) >= 11 is 0. The maximum absolute atomic E-state index is 6.05. The first kappa shape index (κ1) is 15.0. The van der Waals surface area contributed by atoms with E-state index in [4.69, 9.17) is 14.2 Å². The van der Waals surface area contributed by atoms with E-state index < -0.39 is 0 Å². The molecular formula is C16H28O3. The van der Waals surface area contributed by atoms with Crippen LogP contribution in [0.3, 0.4) is 0 Å².